The van der Waals surface area contributed by atoms with Crippen LogP contribution in [0, 0.1) is 0 Å². The zero-order valence-corrected chi connectivity index (χ0v) is 10.4. The molecule has 1 aliphatic rings. The van der Waals surface area contributed by atoms with E-state index in [1.54, 1.807) is 10.6 Å². The van der Waals surface area contributed by atoms with E-state index in [1.165, 1.54) is 12.2 Å². The second kappa shape index (κ2) is 4.10. The summed E-state index contributed by atoms with van der Waals surface area (Å²) in [6, 6.07) is 9.41. The molecule has 1 atom stereocenters. The van der Waals surface area contributed by atoms with Gasteiger partial charge < -0.3 is 10.3 Å². The summed E-state index contributed by atoms with van der Waals surface area (Å²) in [4.78, 5) is 28.5. The zero-order valence-electron chi connectivity index (χ0n) is 10.4. The van der Waals surface area contributed by atoms with Crippen LogP contribution in [0.5, 0.6) is 0 Å². The van der Waals surface area contributed by atoms with Crippen LogP contribution in [-0.2, 0) is 9.63 Å². The summed E-state index contributed by atoms with van der Waals surface area (Å²) in [6.45, 7) is 0. The Labute approximate surface area is 109 Å². The number of carbonyl (C=O) groups is 2. The first-order valence-electron chi connectivity index (χ1n) is 5.89. The fourth-order valence-electron chi connectivity index (χ4n) is 2.57. The van der Waals surface area contributed by atoms with Crippen molar-refractivity contribution in [3.8, 4) is 0 Å². The third-order valence-corrected chi connectivity index (χ3v) is 3.32. The molecule has 0 fully saturated rings. The van der Waals surface area contributed by atoms with Gasteiger partial charge in [0.2, 0.25) is 5.91 Å². The van der Waals surface area contributed by atoms with Crippen molar-refractivity contribution >= 4 is 22.7 Å². The van der Waals surface area contributed by atoms with Gasteiger partial charge in [-0.25, -0.2) is 0 Å². The van der Waals surface area contributed by atoms with Crippen LogP contribution in [-0.4, -0.2) is 28.6 Å². The van der Waals surface area contributed by atoms with Crippen LogP contribution in [0.3, 0.4) is 0 Å². The maximum absolute atomic E-state index is 12.2. The van der Waals surface area contributed by atoms with Gasteiger partial charge in [0.25, 0.3) is 5.91 Å². The van der Waals surface area contributed by atoms with Crippen LogP contribution in [0.4, 0.5) is 0 Å². The van der Waals surface area contributed by atoms with Crippen molar-refractivity contribution in [1.82, 2.24) is 9.63 Å². The summed E-state index contributed by atoms with van der Waals surface area (Å²) in [5.74, 6) is -0.740. The number of hydrogen-bond donors (Lipinski definition) is 1. The normalized spacial score (nSPS) is 18.1. The molecule has 0 radical (unpaired) electrons. The number of rotatable bonds is 3. The van der Waals surface area contributed by atoms with Crippen LogP contribution in [0.25, 0.3) is 10.9 Å². The summed E-state index contributed by atoms with van der Waals surface area (Å²) >= 11 is 0. The highest BCUT2D eigenvalue weighted by molar-refractivity contribution is 6.01. The second-order valence-corrected chi connectivity index (χ2v) is 4.42. The molecule has 2 N–H and O–H groups in total. The molecule has 1 aliphatic heterocycles. The first-order chi connectivity index (χ1) is 9.13. The molecule has 98 valence electrons. The van der Waals surface area contributed by atoms with Gasteiger partial charge in [0.1, 0.15) is 11.9 Å². The van der Waals surface area contributed by atoms with E-state index in [4.69, 9.17) is 10.6 Å². The molecule has 2 amide bonds. The molecule has 1 unspecified atom stereocenters. The largest absolute Gasteiger partial charge is 0.370 e. The lowest BCUT2D eigenvalue weighted by molar-refractivity contribution is -0.142. The summed E-state index contributed by atoms with van der Waals surface area (Å²) in [7, 11) is 1.40. The minimum Gasteiger partial charge on any atom is -0.370 e. The third-order valence-electron chi connectivity index (χ3n) is 3.32. The molecule has 0 spiro atoms. The molecule has 3 rings (SSSR count). The van der Waals surface area contributed by atoms with Crippen molar-refractivity contribution in [2.24, 2.45) is 5.73 Å². The molecular formula is C13H13N3O3. The number of nitrogens with zero attached hydrogens (tertiary/aromatic N) is 2. The number of primary amides is 1. The van der Waals surface area contributed by atoms with Gasteiger partial charge in [-0.3, -0.25) is 14.4 Å². The van der Waals surface area contributed by atoms with Gasteiger partial charge in [-0.05, 0) is 12.1 Å². The van der Waals surface area contributed by atoms with E-state index in [-0.39, 0.29) is 12.3 Å². The topological polar surface area (TPSA) is 77.6 Å². The highest BCUT2D eigenvalue weighted by atomic mass is 16.7. The number of hydrogen-bond acceptors (Lipinski definition) is 3. The quantitative estimate of drug-likeness (QED) is 0.894. The third kappa shape index (κ3) is 1.61. The van der Waals surface area contributed by atoms with Crippen molar-refractivity contribution in [3.63, 3.8) is 0 Å². The van der Waals surface area contributed by atoms with Gasteiger partial charge in [0.15, 0.2) is 0 Å². The number of nitrogens with two attached hydrogens (primary N) is 1. The predicted octanol–water partition coefficient (Wildman–Crippen LogP) is 1.03. The van der Waals surface area contributed by atoms with Crippen molar-refractivity contribution in [2.75, 3.05) is 7.11 Å². The van der Waals surface area contributed by atoms with Gasteiger partial charge in [0.05, 0.1) is 19.0 Å². The first-order valence-corrected chi connectivity index (χ1v) is 5.89. The van der Waals surface area contributed by atoms with E-state index < -0.39 is 12.1 Å². The van der Waals surface area contributed by atoms with Crippen LogP contribution >= 0.6 is 0 Å². The molecule has 0 aliphatic carbocycles. The molecule has 19 heavy (non-hydrogen) atoms. The Bertz CT molecular complexity index is 677. The van der Waals surface area contributed by atoms with E-state index in [9.17, 15) is 9.59 Å². The number of benzene rings is 1. The van der Waals surface area contributed by atoms with E-state index in [0.717, 1.165) is 10.9 Å². The van der Waals surface area contributed by atoms with Crippen molar-refractivity contribution in [3.05, 3.63) is 36.0 Å². The Kier molecular flexibility index (Phi) is 2.53. The average Bonchev–Trinajstić information content (AvgIpc) is 2.86. The molecule has 1 aromatic carbocycles. The van der Waals surface area contributed by atoms with Crippen molar-refractivity contribution in [1.29, 1.82) is 0 Å². The number of amides is 2. The molecule has 2 aromatic rings. The molecular weight excluding hydrogens is 246 g/mol. The Hall–Kier alpha value is -2.34. The number of aromatic nitrogens is 1. The summed E-state index contributed by atoms with van der Waals surface area (Å²) in [6.07, 6.45) is -0.504. The van der Waals surface area contributed by atoms with Gasteiger partial charge in [-0.2, -0.15) is 5.06 Å². The predicted molar refractivity (Wildman–Crippen MR) is 68.0 cm³/mol. The van der Waals surface area contributed by atoms with Crippen molar-refractivity contribution in [2.45, 2.75) is 12.6 Å². The number of para-hydroxylation sites is 1. The van der Waals surface area contributed by atoms with Crippen LogP contribution in [0.1, 0.15) is 23.1 Å². The smallest absolute Gasteiger partial charge is 0.296 e. The van der Waals surface area contributed by atoms with Gasteiger partial charge in [0, 0.05) is 5.39 Å². The second-order valence-electron chi connectivity index (χ2n) is 4.42. The molecule has 0 bridgehead atoms. The van der Waals surface area contributed by atoms with Gasteiger partial charge >= 0.3 is 0 Å². The van der Waals surface area contributed by atoms with E-state index >= 15 is 0 Å². The van der Waals surface area contributed by atoms with Crippen LogP contribution in [0.15, 0.2) is 30.3 Å². The lowest BCUT2D eigenvalue weighted by atomic mass is 10.2. The SMILES string of the molecule is CON1C(=O)c2cc3ccccc3n2C1CC(N)=O. The standard InChI is InChI=1S/C13H13N3O3/c1-19-16-12(7-11(14)17)15-9-5-3-2-4-8(9)6-10(15)13(16)18/h2-6,12H,7H2,1H3,(H2,14,17). The number of hydroxylamine groups is 2. The lowest BCUT2D eigenvalue weighted by Gasteiger charge is -2.22. The lowest BCUT2D eigenvalue weighted by Crippen LogP contribution is -2.31. The van der Waals surface area contributed by atoms with Crippen LogP contribution in [0.2, 0.25) is 0 Å². The monoisotopic (exact) mass is 259 g/mol. The minimum absolute atomic E-state index is 0.0191. The molecule has 6 heteroatoms. The highest BCUT2D eigenvalue weighted by Gasteiger charge is 2.39. The Morgan fingerprint density at radius 3 is 2.84 bits per heavy atom. The zero-order chi connectivity index (χ0) is 13.6. The van der Waals surface area contributed by atoms with Crippen molar-refractivity contribution < 1.29 is 14.4 Å². The summed E-state index contributed by atoms with van der Waals surface area (Å²) in [5, 5.41) is 2.14. The van der Waals surface area contributed by atoms with Gasteiger partial charge in [-0.15, -0.1) is 0 Å². The fourth-order valence-corrected chi connectivity index (χ4v) is 2.57. The number of fused-ring (bicyclic) bond motifs is 3. The Morgan fingerprint density at radius 2 is 2.16 bits per heavy atom. The van der Waals surface area contributed by atoms with E-state index in [0.29, 0.717) is 5.69 Å². The molecule has 1 aromatic heterocycles. The highest BCUT2D eigenvalue weighted by Crippen LogP contribution is 2.35. The average molecular weight is 259 g/mol. The maximum atomic E-state index is 12.2. The molecule has 0 saturated carbocycles. The van der Waals surface area contributed by atoms with E-state index in [1.807, 2.05) is 24.3 Å². The van der Waals surface area contributed by atoms with Gasteiger partial charge in [-0.1, -0.05) is 18.2 Å². The first kappa shape index (κ1) is 11.7. The summed E-state index contributed by atoms with van der Waals surface area (Å²) < 4.78 is 1.80. The molecule has 2 heterocycles. The van der Waals surface area contributed by atoms with Crippen LogP contribution < -0.4 is 5.73 Å². The Balaban J connectivity index is 2.20. The number of carbonyl (C=O) groups excluding carboxylic acids is 2. The fraction of sp³-hybridized carbons (Fsp3) is 0.231. The molecule has 6 nitrogen and oxygen atoms in total. The molecule has 0 saturated heterocycles. The maximum Gasteiger partial charge on any atom is 0.296 e. The minimum atomic E-state index is -0.523. The van der Waals surface area contributed by atoms with E-state index in [2.05, 4.69) is 0 Å². The Morgan fingerprint density at radius 1 is 1.42 bits per heavy atom. The summed E-state index contributed by atoms with van der Waals surface area (Å²) in [5.41, 5.74) is 6.65.